The van der Waals surface area contributed by atoms with Crippen LogP contribution < -0.4 is 14.2 Å². The summed E-state index contributed by atoms with van der Waals surface area (Å²) in [6.07, 6.45) is 1.02. The SMILES string of the molecule is COc1ccccc1CC(C)N(Cc1ccccc1)C(=O)Cc1ccc2c(c1)OCCO2. The molecule has 3 aromatic carbocycles. The van der Waals surface area contributed by atoms with Gasteiger partial charge in [-0.05, 0) is 48.2 Å². The molecule has 1 amide bonds. The molecule has 1 aliphatic rings. The van der Waals surface area contributed by atoms with Crippen LogP contribution in [0.4, 0.5) is 0 Å². The van der Waals surface area contributed by atoms with E-state index in [1.54, 1.807) is 7.11 Å². The number of carbonyl (C=O) groups is 1. The molecule has 0 N–H and O–H groups in total. The van der Waals surface area contributed by atoms with Crippen LogP contribution in [0.25, 0.3) is 0 Å². The van der Waals surface area contributed by atoms with Crippen LogP contribution in [-0.2, 0) is 24.2 Å². The van der Waals surface area contributed by atoms with E-state index in [1.807, 2.05) is 59.5 Å². The molecule has 32 heavy (non-hydrogen) atoms. The van der Waals surface area contributed by atoms with Crippen molar-refractivity contribution in [3.63, 3.8) is 0 Å². The minimum absolute atomic E-state index is 0.00350. The number of hydrogen-bond donors (Lipinski definition) is 0. The molecule has 0 aromatic heterocycles. The van der Waals surface area contributed by atoms with Crippen molar-refractivity contribution in [2.24, 2.45) is 0 Å². The van der Waals surface area contributed by atoms with Gasteiger partial charge in [-0.2, -0.15) is 0 Å². The van der Waals surface area contributed by atoms with Crippen molar-refractivity contribution in [1.29, 1.82) is 0 Å². The molecule has 1 heterocycles. The third kappa shape index (κ3) is 5.22. The molecule has 0 radical (unpaired) electrons. The van der Waals surface area contributed by atoms with E-state index in [4.69, 9.17) is 14.2 Å². The molecule has 0 saturated carbocycles. The Bertz CT molecular complexity index is 1050. The van der Waals surface area contributed by atoms with Crippen molar-refractivity contribution in [3.8, 4) is 17.2 Å². The van der Waals surface area contributed by atoms with Gasteiger partial charge in [0.05, 0.1) is 13.5 Å². The van der Waals surface area contributed by atoms with Crippen LogP contribution in [0.5, 0.6) is 17.2 Å². The van der Waals surface area contributed by atoms with Crippen molar-refractivity contribution in [2.75, 3.05) is 20.3 Å². The Balaban J connectivity index is 1.54. The van der Waals surface area contributed by atoms with Gasteiger partial charge in [0.1, 0.15) is 19.0 Å². The van der Waals surface area contributed by atoms with E-state index in [9.17, 15) is 4.79 Å². The van der Waals surface area contributed by atoms with Gasteiger partial charge in [0.25, 0.3) is 0 Å². The monoisotopic (exact) mass is 431 g/mol. The highest BCUT2D eigenvalue weighted by Gasteiger charge is 2.23. The average molecular weight is 432 g/mol. The van der Waals surface area contributed by atoms with Gasteiger partial charge in [-0.1, -0.05) is 54.6 Å². The molecule has 1 atom stereocenters. The number of fused-ring (bicyclic) bond motifs is 1. The Kier molecular flexibility index (Phi) is 6.95. The number of benzene rings is 3. The number of nitrogens with zero attached hydrogens (tertiary/aromatic N) is 1. The summed E-state index contributed by atoms with van der Waals surface area (Å²) in [6, 6.07) is 23.8. The molecule has 166 valence electrons. The number of para-hydroxylation sites is 1. The molecule has 3 aromatic rings. The van der Waals surface area contributed by atoms with Crippen LogP contribution >= 0.6 is 0 Å². The lowest BCUT2D eigenvalue weighted by atomic mass is 10.0. The second-order valence-corrected chi connectivity index (χ2v) is 8.03. The highest BCUT2D eigenvalue weighted by molar-refractivity contribution is 5.79. The zero-order valence-corrected chi connectivity index (χ0v) is 18.6. The van der Waals surface area contributed by atoms with Gasteiger partial charge in [-0.15, -0.1) is 0 Å². The first-order valence-corrected chi connectivity index (χ1v) is 11.0. The molecule has 1 aliphatic heterocycles. The molecule has 5 nitrogen and oxygen atoms in total. The smallest absolute Gasteiger partial charge is 0.227 e. The third-order valence-corrected chi connectivity index (χ3v) is 5.72. The lowest BCUT2D eigenvalue weighted by Gasteiger charge is -2.30. The molecule has 0 bridgehead atoms. The number of methoxy groups -OCH3 is 1. The molecule has 0 spiro atoms. The molecule has 4 rings (SSSR count). The first-order valence-electron chi connectivity index (χ1n) is 11.0. The van der Waals surface area contributed by atoms with E-state index in [0.29, 0.717) is 38.3 Å². The molecule has 5 heteroatoms. The van der Waals surface area contributed by atoms with E-state index < -0.39 is 0 Å². The Labute approximate surface area is 189 Å². The predicted octanol–water partition coefficient (Wildman–Crippen LogP) is 4.67. The van der Waals surface area contributed by atoms with Gasteiger partial charge in [-0.3, -0.25) is 4.79 Å². The maximum Gasteiger partial charge on any atom is 0.227 e. The second kappa shape index (κ2) is 10.2. The van der Waals surface area contributed by atoms with Gasteiger partial charge >= 0.3 is 0 Å². The van der Waals surface area contributed by atoms with Crippen LogP contribution in [0.1, 0.15) is 23.6 Å². The van der Waals surface area contributed by atoms with Crippen LogP contribution in [0.2, 0.25) is 0 Å². The molecule has 0 aliphatic carbocycles. The van der Waals surface area contributed by atoms with Crippen LogP contribution in [0.3, 0.4) is 0 Å². The van der Waals surface area contributed by atoms with Crippen molar-refractivity contribution >= 4 is 5.91 Å². The van der Waals surface area contributed by atoms with E-state index in [2.05, 4.69) is 25.1 Å². The molecule has 1 unspecified atom stereocenters. The first-order chi connectivity index (χ1) is 15.6. The summed E-state index contributed by atoms with van der Waals surface area (Å²) in [7, 11) is 1.68. The Hall–Kier alpha value is -3.47. The van der Waals surface area contributed by atoms with Crippen molar-refractivity contribution < 1.29 is 19.0 Å². The minimum atomic E-state index is -0.00350. The van der Waals surface area contributed by atoms with E-state index in [-0.39, 0.29) is 11.9 Å². The third-order valence-electron chi connectivity index (χ3n) is 5.72. The number of carbonyl (C=O) groups excluding carboxylic acids is 1. The molecule has 0 saturated heterocycles. The number of hydrogen-bond acceptors (Lipinski definition) is 4. The fraction of sp³-hybridized carbons (Fsp3) is 0.296. The van der Waals surface area contributed by atoms with E-state index in [1.165, 1.54) is 0 Å². The van der Waals surface area contributed by atoms with Gasteiger partial charge < -0.3 is 19.1 Å². The summed E-state index contributed by atoms with van der Waals surface area (Å²) in [6.45, 7) is 3.73. The van der Waals surface area contributed by atoms with Gasteiger partial charge in [0, 0.05) is 12.6 Å². The lowest BCUT2D eigenvalue weighted by Crippen LogP contribution is -2.40. The van der Waals surface area contributed by atoms with E-state index >= 15 is 0 Å². The van der Waals surface area contributed by atoms with Crippen molar-refractivity contribution in [1.82, 2.24) is 4.90 Å². The molecule has 0 fully saturated rings. The van der Waals surface area contributed by atoms with Crippen LogP contribution in [0.15, 0.2) is 72.8 Å². The normalized spacial score (nSPS) is 13.3. The first kappa shape index (κ1) is 21.8. The maximum absolute atomic E-state index is 13.5. The Morgan fingerprint density at radius 1 is 0.938 bits per heavy atom. The fourth-order valence-electron chi connectivity index (χ4n) is 4.04. The van der Waals surface area contributed by atoms with Crippen molar-refractivity contribution in [3.05, 3.63) is 89.5 Å². The summed E-state index contributed by atoms with van der Waals surface area (Å²) in [5.74, 6) is 2.36. The topological polar surface area (TPSA) is 48.0 Å². The highest BCUT2D eigenvalue weighted by Crippen LogP contribution is 2.31. The fourth-order valence-corrected chi connectivity index (χ4v) is 4.04. The molecular weight excluding hydrogens is 402 g/mol. The number of ether oxygens (including phenoxy) is 3. The molecular formula is C27H29NO4. The zero-order chi connectivity index (χ0) is 22.3. The Morgan fingerprint density at radius 2 is 1.66 bits per heavy atom. The van der Waals surface area contributed by atoms with Gasteiger partial charge in [0.2, 0.25) is 5.91 Å². The van der Waals surface area contributed by atoms with Crippen LogP contribution in [-0.4, -0.2) is 37.2 Å². The standard InChI is InChI=1S/C27H29NO4/c1-20(16-23-10-6-7-11-24(23)30-2)28(19-21-8-4-3-5-9-21)27(29)18-22-12-13-25-26(17-22)32-15-14-31-25/h3-13,17,20H,14-16,18-19H2,1-2H3. The summed E-state index contributed by atoms with van der Waals surface area (Å²) in [4.78, 5) is 15.5. The average Bonchev–Trinajstić information content (AvgIpc) is 2.83. The predicted molar refractivity (Wildman–Crippen MR) is 124 cm³/mol. The van der Waals surface area contributed by atoms with Gasteiger partial charge in [0.15, 0.2) is 11.5 Å². The Morgan fingerprint density at radius 3 is 2.44 bits per heavy atom. The summed E-state index contributed by atoms with van der Waals surface area (Å²) >= 11 is 0. The summed E-state index contributed by atoms with van der Waals surface area (Å²) in [5, 5.41) is 0. The quantitative estimate of drug-likeness (QED) is 0.520. The largest absolute Gasteiger partial charge is 0.496 e. The number of amides is 1. The zero-order valence-electron chi connectivity index (χ0n) is 18.6. The number of rotatable bonds is 8. The summed E-state index contributed by atoms with van der Waals surface area (Å²) < 4.78 is 16.8. The second-order valence-electron chi connectivity index (χ2n) is 8.03. The summed E-state index contributed by atoms with van der Waals surface area (Å²) in [5.41, 5.74) is 3.12. The van der Waals surface area contributed by atoms with Crippen LogP contribution in [0, 0.1) is 0 Å². The lowest BCUT2D eigenvalue weighted by molar-refractivity contribution is -0.133. The van der Waals surface area contributed by atoms with Crippen molar-refractivity contribution in [2.45, 2.75) is 32.4 Å². The highest BCUT2D eigenvalue weighted by atomic mass is 16.6. The minimum Gasteiger partial charge on any atom is -0.496 e. The van der Waals surface area contributed by atoms with E-state index in [0.717, 1.165) is 28.2 Å². The maximum atomic E-state index is 13.5. The van der Waals surface area contributed by atoms with Gasteiger partial charge in [-0.25, -0.2) is 0 Å².